The van der Waals surface area contributed by atoms with E-state index in [9.17, 15) is 9.59 Å². The number of nitrogens with one attached hydrogen (secondary N) is 1. The number of anilines is 1. The van der Waals surface area contributed by atoms with Crippen LogP contribution in [-0.2, 0) is 11.3 Å². The van der Waals surface area contributed by atoms with Gasteiger partial charge in [-0.15, -0.1) is 0 Å². The molecular weight excluding hydrogens is 338 g/mol. The predicted octanol–water partition coefficient (Wildman–Crippen LogP) is 1.96. The fourth-order valence-corrected chi connectivity index (χ4v) is 2.04. The van der Waals surface area contributed by atoms with Crippen LogP contribution in [0.15, 0.2) is 39.6 Å². The van der Waals surface area contributed by atoms with Gasteiger partial charge >= 0.3 is 0 Å². The van der Waals surface area contributed by atoms with Crippen molar-refractivity contribution in [1.29, 1.82) is 0 Å². The molecule has 0 aliphatic carbocycles. The number of rotatable bonds is 4. The van der Waals surface area contributed by atoms with Crippen LogP contribution >= 0.6 is 15.9 Å². The largest absolute Gasteiger partial charge is 0.468 e. The molecule has 0 unspecified atom stereocenters. The average Bonchev–Trinajstić information content (AvgIpc) is 2.44. The number of aryl methyl sites for hydroxylation is 1. The molecule has 2 rings (SSSR count). The maximum Gasteiger partial charge on any atom is 0.299 e. The molecule has 0 aliphatic rings. The van der Waals surface area contributed by atoms with Gasteiger partial charge in [0.05, 0.1) is 7.11 Å². The van der Waals surface area contributed by atoms with Gasteiger partial charge in [0.1, 0.15) is 6.54 Å². The standard InChI is InChI=1S/C14H14BrN3O3/c1-9-7-13(20)18(14(16-9)21-2)8-12(19)17-11-5-3-10(15)4-6-11/h3-7H,8H2,1-2H3,(H,17,19). The number of hydrogen-bond acceptors (Lipinski definition) is 4. The third kappa shape index (κ3) is 3.91. The fourth-order valence-electron chi connectivity index (χ4n) is 1.77. The summed E-state index contributed by atoms with van der Waals surface area (Å²) in [6.07, 6.45) is 0. The van der Waals surface area contributed by atoms with Gasteiger partial charge in [0.15, 0.2) is 0 Å². The summed E-state index contributed by atoms with van der Waals surface area (Å²) in [5.41, 5.74) is 0.863. The van der Waals surface area contributed by atoms with Gasteiger partial charge in [-0.3, -0.25) is 14.2 Å². The molecule has 1 amide bonds. The summed E-state index contributed by atoms with van der Waals surface area (Å²) in [6, 6.07) is 8.62. The second-order valence-electron chi connectivity index (χ2n) is 4.36. The van der Waals surface area contributed by atoms with Crippen molar-refractivity contribution in [3.8, 4) is 6.01 Å². The molecule has 1 aromatic carbocycles. The molecule has 0 saturated carbocycles. The third-order valence-corrected chi connectivity index (χ3v) is 3.24. The van der Waals surface area contributed by atoms with Gasteiger partial charge in [-0.2, -0.15) is 0 Å². The summed E-state index contributed by atoms with van der Waals surface area (Å²) in [6.45, 7) is 1.53. The summed E-state index contributed by atoms with van der Waals surface area (Å²) in [7, 11) is 1.41. The van der Waals surface area contributed by atoms with Gasteiger partial charge in [-0.25, -0.2) is 4.98 Å². The molecule has 21 heavy (non-hydrogen) atoms. The molecule has 7 heteroatoms. The molecule has 0 saturated heterocycles. The molecule has 1 heterocycles. The smallest absolute Gasteiger partial charge is 0.299 e. The normalized spacial score (nSPS) is 10.2. The molecule has 0 atom stereocenters. The maximum atomic E-state index is 12.0. The van der Waals surface area contributed by atoms with Gasteiger partial charge < -0.3 is 10.1 Å². The maximum absolute atomic E-state index is 12.0. The number of carbonyl (C=O) groups is 1. The number of ether oxygens (including phenoxy) is 1. The van der Waals surface area contributed by atoms with Crippen LogP contribution in [0.25, 0.3) is 0 Å². The van der Waals surface area contributed by atoms with Gasteiger partial charge in [0, 0.05) is 21.9 Å². The summed E-state index contributed by atoms with van der Waals surface area (Å²) >= 11 is 3.32. The molecule has 0 aliphatic heterocycles. The molecule has 0 bridgehead atoms. The highest BCUT2D eigenvalue weighted by atomic mass is 79.9. The van der Waals surface area contributed by atoms with Crippen LogP contribution in [0.5, 0.6) is 6.01 Å². The molecule has 0 spiro atoms. The number of amides is 1. The first-order valence-corrected chi connectivity index (χ1v) is 6.97. The minimum atomic E-state index is -0.330. The SMILES string of the molecule is COc1nc(C)cc(=O)n1CC(=O)Nc1ccc(Br)cc1. The molecule has 0 fully saturated rings. The Hall–Kier alpha value is -2.15. The van der Waals surface area contributed by atoms with Gasteiger partial charge in [-0.1, -0.05) is 15.9 Å². The third-order valence-electron chi connectivity index (χ3n) is 2.71. The summed E-state index contributed by atoms with van der Waals surface area (Å²) in [5.74, 6) is -0.330. The van der Waals surface area contributed by atoms with Crippen LogP contribution < -0.4 is 15.6 Å². The van der Waals surface area contributed by atoms with Crippen LogP contribution in [0.3, 0.4) is 0 Å². The highest BCUT2D eigenvalue weighted by molar-refractivity contribution is 9.10. The Bertz CT molecular complexity index is 710. The number of carbonyl (C=O) groups excluding carboxylic acids is 1. The second kappa shape index (κ2) is 6.53. The topological polar surface area (TPSA) is 73.2 Å². The molecule has 1 aromatic heterocycles. The fraction of sp³-hybridized carbons (Fsp3) is 0.214. The van der Waals surface area contributed by atoms with E-state index in [0.29, 0.717) is 11.4 Å². The van der Waals surface area contributed by atoms with Gasteiger partial charge in [0.2, 0.25) is 5.91 Å². The van der Waals surface area contributed by atoms with Crippen LogP contribution in [0, 0.1) is 6.92 Å². The molecule has 0 radical (unpaired) electrons. The van der Waals surface area contributed by atoms with Crippen LogP contribution in [0.4, 0.5) is 5.69 Å². The average molecular weight is 352 g/mol. The zero-order valence-corrected chi connectivity index (χ0v) is 13.2. The van der Waals surface area contributed by atoms with Gasteiger partial charge in [0.25, 0.3) is 11.6 Å². The Labute approximate surface area is 129 Å². The predicted molar refractivity (Wildman–Crippen MR) is 82.6 cm³/mol. The Morgan fingerprint density at radius 2 is 2.05 bits per heavy atom. The Balaban J connectivity index is 2.16. The van der Waals surface area contributed by atoms with Gasteiger partial charge in [-0.05, 0) is 31.2 Å². The zero-order valence-electron chi connectivity index (χ0n) is 11.6. The molecule has 6 nitrogen and oxygen atoms in total. The van der Waals surface area contributed by atoms with Crippen molar-refractivity contribution < 1.29 is 9.53 Å². The Kier molecular flexibility index (Phi) is 4.74. The van der Waals surface area contributed by atoms with E-state index in [-0.39, 0.29) is 24.0 Å². The first-order chi connectivity index (χ1) is 9.99. The molecule has 2 aromatic rings. The highest BCUT2D eigenvalue weighted by Crippen LogP contribution is 2.14. The van der Waals surface area contributed by atoms with E-state index in [1.807, 2.05) is 12.1 Å². The lowest BCUT2D eigenvalue weighted by Crippen LogP contribution is -2.29. The van der Waals surface area contributed by atoms with E-state index in [1.165, 1.54) is 17.7 Å². The molecule has 1 N–H and O–H groups in total. The van der Waals surface area contributed by atoms with Crippen LogP contribution in [0.2, 0.25) is 0 Å². The molecule has 110 valence electrons. The number of benzene rings is 1. The lowest BCUT2D eigenvalue weighted by Gasteiger charge is -2.11. The van der Waals surface area contributed by atoms with Crippen molar-refractivity contribution in [3.63, 3.8) is 0 Å². The Morgan fingerprint density at radius 1 is 1.38 bits per heavy atom. The Morgan fingerprint density at radius 3 is 2.67 bits per heavy atom. The van der Waals surface area contributed by atoms with E-state index in [0.717, 1.165) is 4.47 Å². The van der Waals surface area contributed by atoms with Crippen molar-refractivity contribution >= 4 is 27.5 Å². The van der Waals surface area contributed by atoms with Crippen LogP contribution in [-0.4, -0.2) is 22.6 Å². The van der Waals surface area contributed by atoms with Crippen molar-refractivity contribution in [2.45, 2.75) is 13.5 Å². The lowest BCUT2D eigenvalue weighted by molar-refractivity contribution is -0.116. The van der Waals surface area contributed by atoms with E-state index >= 15 is 0 Å². The number of halogens is 1. The number of methoxy groups -OCH3 is 1. The first-order valence-electron chi connectivity index (χ1n) is 6.17. The van der Waals surface area contributed by atoms with Crippen LogP contribution in [0.1, 0.15) is 5.69 Å². The van der Waals surface area contributed by atoms with Crippen molar-refractivity contribution in [2.24, 2.45) is 0 Å². The quantitative estimate of drug-likeness (QED) is 0.913. The molecular formula is C14H14BrN3O3. The van der Waals surface area contributed by atoms with Crippen molar-refractivity contribution in [1.82, 2.24) is 9.55 Å². The summed E-state index contributed by atoms with van der Waals surface area (Å²) < 4.78 is 7.14. The summed E-state index contributed by atoms with van der Waals surface area (Å²) in [4.78, 5) is 28.0. The number of hydrogen-bond donors (Lipinski definition) is 1. The highest BCUT2D eigenvalue weighted by Gasteiger charge is 2.11. The van der Waals surface area contributed by atoms with Crippen molar-refractivity contribution in [3.05, 3.63) is 50.9 Å². The number of nitrogens with zero attached hydrogens (tertiary/aromatic N) is 2. The number of aromatic nitrogens is 2. The minimum absolute atomic E-state index is 0.117. The van der Waals surface area contributed by atoms with E-state index in [1.54, 1.807) is 19.1 Å². The second-order valence-corrected chi connectivity index (χ2v) is 5.28. The zero-order chi connectivity index (χ0) is 15.4. The minimum Gasteiger partial charge on any atom is -0.468 e. The monoisotopic (exact) mass is 351 g/mol. The lowest BCUT2D eigenvalue weighted by atomic mass is 10.3. The van der Waals surface area contributed by atoms with E-state index < -0.39 is 0 Å². The van der Waals surface area contributed by atoms with E-state index in [4.69, 9.17) is 4.74 Å². The van der Waals surface area contributed by atoms with E-state index in [2.05, 4.69) is 26.2 Å². The van der Waals surface area contributed by atoms with Crippen molar-refractivity contribution in [2.75, 3.05) is 12.4 Å². The first kappa shape index (κ1) is 15.2. The summed E-state index contributed by atoms with van der Waals surface area (Å²) in [5, 5.41) is 2.71.